The molecule has 3 aromatic heterocycles. The fourth-order valence-corrected chi connectivity index (χ4v) is 4.93. The number of benzene rings is 1. The SMILES string of the molecule is COc1cnc(Cl)cc1-c1cc(C)ncc1C(=O)Nc1nc2ccc(N3CC(OC)C3)cc2s1. The van der Waals surface area contributed by atoms with Crippen LogP contribution in [0.2, 0.25) is 5.15 Å². The summed E-state index contributed by atoms with van der Waals surface area (Å²) in [6, 6.07) is 9.61. The third-order valence-corrected chi connectivity index (χ3v) is 6.91. The predicted octanol–water partition coefficient (Wildman–Crippen LogP) is 4.81. The first-order chi connectivity index (χ1) is 16.4. The molecule has 4 heterocycles. The van der Waals surface area contributed by atoms with E-state index in [0.29, 0.717) is 32.7 Å². The zero-order chi connectivity index (χ0) is 23.8. The number of halogens is 1. The van der Waals surface area contributed by atoms with E-state index < -0.39 is 0 Å². The van der Waals surface area contributed by atoms with Crippen LogP contribution in [0.4, 0.5) is 10.8 Å². The molecule has 1 fully saturated rings. The van der Waals surface area contributed by atoms with Gasteiger partial charge in [-0.15, -0.1) is 0 Å². The Hall–Kier alpha value is -3.27. The molecule has 10 heteroatoms. The maximum absolute atomic E-state index is 13.3. The van der Waals surface area contributed by atoms with Crippen molar-refractivity contribution in [3.63, 3.8) is 0 Å². The fraction of sp³-hybridized carbons (Fsp3) is 0.250. The van der Waals surface area contributed by atoms with Crippen LogP contribution in [0.1, 0.15) is 16.1 Å². The number of thiazole rings is 1. The van der Waals surface area contributed by atoms with Crippen LogP contribution in [0.15, 0.2) is 42.7 Å². The van der Waals surface area contributed by atoms with E-state index in [0.717, 1.165) is 34.7 Å². The van der Waals surface area contributed by atoms with Gasteiger partial charge < -0.3 is 14.4 Å². The molecular formula is C24H22ClN5O3S. The highest BCUT2D eigenvalue weighted by Gasteiger charge is 2.27. The van der Waals surface area contributed by atoms with Gasteiger partial charge in [-0.1, -0.05) is 22.9 Å². The van der Waals surface area contributed by atoms with E-state index in [-0.39, 0.29) is 12.0 Å². The molecule has 1 aliphatic heterocycles. The van der Waals surface area contributed by atoms with Crippen molar-refractivity contribution in [1.82, 2.24) is 15.0 Å². The van der Waals surface area contributed by atoms with Gasteiger partial charge >= 0.3 is 0 Å². The van der Waals surface area contributed by atoms with E-state index in [9.17, 15) is 4.79 Å². The Kier molecular flexibility index (Phi) is 6.07. The molecule has 0 spiro atoms. The molecule has 0 bridgehead atoms. The second-order valence-corrected chi connectivity index (χ2v) is 9.38. The Balaban J connectivity index is 1.43. The molecule has 0 unspecified atom stereocenters. The van der Waals surface area contributed by atoms with E-state index in [1.165, 1.54) is 17.5 Å². The van der Waals surface area contributed by atoms with Gasteiger partial charge in [0.1, 0.15) is 10.9 Å². The minimum atomic E-state index is -0.317. The van der Waals surface area contributed by atoms with Crippen molar-refractivity contribution in [2.45, 2.75) is 13.0 Å². The molecular weight excluding hydrogens is 474 g/mol. The summed E-state index contributed by atoms with van der Waals surface area (Å²) >= 11 is 7.57. The smallest absolute Gasteiger partial charge is 0.259 e. The zero-order valence-electron chi connectivity index (χ0n) is 18.8. The number of carbonyl (C=O) groups is 1. The molecule has 0 saturated carbocycles. The number of methoxy groups -OCH3 is 2. The molecule has 0 atom stereocenters. The van der Waals surface area contributed by atoms with Crippen molar-refractivity contribution in [2.24, 2.45) is 0 Å². The third kappa shape index (κ3) is 4.29. The van der Waals surface area contributed by atoms with Crippen LogP contribution in [0.25, 0.3) is 21.3 Å². The summed E-state index contributed by atoms with van der Waals surface area (Å²) < 4.78 is 11.8. The van der Waals surface area contributed by atoms with Crippen LogP contribution < -0.4 is 15.0 Å². The maximum atomic E-state index is 13.3. The number of aryl methyl sites for hydroxylation is 1. The lowest BCUT2D eigenvalue weighted by atomic mass is 10.0. The van der Waals surface area contributed by atoms with E-state index >= 15 is 0 Å². The largest absolute Gasteiger partial charge is 0.494 e. The topological polar surface area (TPSA) is 89.5 Å². The van der Waals surface area contributed by atoms with E-state index in [2.05, 4.69) is 31.2 Å². The third-order valence-electron chi connectivity index (χ3n) is 5.77. The highest BCUT2D eigenvalue weighted by atomic mass is 35.5. The average molecular weight is 496 g/mol. The maximum Gasteiger partial charge on any atom is 0.259 e. The summed E-state index contributed by atoms with van der Waals surface area (Å²) in [5, 5.41) is 3.75. The minimum Gasteiger partial charge on any atom is -0.494 e. The molecule has 1 N–H and O–H groups in total. The monoisotopic (exact) mass is 495 g/mol. The second-order valence-electron chi connectivity index (χ2n) is 7.97. The van der Waals surface area contributed by atoms with Crippen LogP contribution >= 0.6 is 22.9 Å². The lowest BCUT2D eigenvalue weighted by molar-refractivity contribution is 0.0788. The normalized spacial score (nSPS) is 13.7. The molecule has 174 valence electrons. The molecule has 1 aliphatic rings. The molecule has 0 radical (unpaired) electrons. The van der Waals surface area contributed by atoms with E-state index in [1.807, 2.05) is 25.1 Å². The number of anilines is 2. The Bertz CT molecular complexity index is 1390. The van der Waals surface area contributed by atoms with Crippen LogP contribution in [-0.2, 0) is 4.74 Å². The van der Waals surface area contributed by atoms with Crippen molar-refractivity contribution >= 4 is 49.9 Å². The fourth-order valence-electron chi connectivity index (χ4n) is 3.88. The highest BCUT2D eigenvalue weighted by Crippen LogP contribution is 2.35. The van der Waals surface area contributed by atoms with Gasteiger partial charge in [-0.3, -0.25) is 15.1 Å². The van der Waals surface area contributed by atoms with Gasteiger partial charge in [0.05, 0.1) is 35.2 Å². The van der Waals surface area contributed by atoms with Gasteiger partial charge in [-0.2, -0.15) is 0 Å². The van der Waals surface area contributed by atoms with Gasteiger partial charge in [-0.05, 0) is 37.3 Å². The summed E-state index contributed by atoms with van der Waals surface area (Å²) in [5.74, 6) is 0.195. The molecule has 8 nitrogen and oxygen atoms in total. The summed E-state index contributed by atoms with van der Waals surface area (Å²) in [6.07, 6.45) is 3.36. The summed E-state index contributed by atoms with van der Waals surface area (Å²) in [7, 11) is 3.28. The quantitative estimate of drug-likeness (QED) is 0.384. The molecule has 5 rings (SSSR count). The summed E-state index contributed by atoms with van der Waals surface area (Å²) in [6.45, 7) is 3.60. The van der Waals surface area contributed by atoms with Gasteiger partial charge in [0, 0.05) is 48.9 Å². The number of aromatic nitrogens is 3. The lowest BCUT2D eigenvalue weighted by Crippen LogP contribution is -2.51. The standard InChI is InChI=1S/C24H22ClN5O3S/c1-13-6-16(17-8-22(25)27-10-20(17)33-3)18(9-26-13)23(31)29-24-28-19-5-4-14(7-21(19)34-24)30-11-15(12-30)32-2/h4-10,15H,11-12H2,1-3H3,(H,28,29,31). The van der Waals surface area contributed by atoms with Crippen molar-refractivity contribution in [3.8, 4) is 16.9 Å². The van der Waals surface area contributed by atoms with Crippen LogP contribution in [-0.4, -0.2) is 54.3 Å². The average Bonchev–Trinajstić information content (AvgIpc) is 3.19. The summed E-state index contributed by atoms with van der Waals surface area (Å²) in [5.41, 5.74) is 4.41. The molecule has 4 aromatic rings. The first kappa shape index (κ1) is 22.5. The number of hydrogen-bond acceptors (Lipinski definition) is 8. The second kappa shape index (κ2) is 9.17. The molecule has 0 aliphatic carbocycles. The number of ether oxygens (including phenoxy) is 2. The first-order valence-corrected chi connectivity index (χ1v) is 11.8. The van der Waals surface area contributed by atoms with Crippen LogP contribution in [0, 0.1) is 6.92 Å². The zero-order valence-corrected chi connectivity index (χ0v) is 20.4. The van der Waals surface area contributed by atoms with Crippen LogP contribution in [0.5, 0.6) is 5.75 Å². The van der Waals surface area contributed by atoms with E-state index in [4.69, 9.17) is 21.1 Å². The van der Waals surface area contributed by atoms with Gasteiger partial charge in [0.15, 0.2) is 5.13 Å². The molecule has 1 amide bonds. The number of nitrogens with zero attached hydrogens (tertiary/aromatic N) is 4. The number of amides is 1. The van der Waals surface area contributed by atoms with Crippen LogP contribution in [0.3, 0.4) is 0 Å². The molecule has 1 saturated heterocycles. The van der Waals surface area contributed by atoms with Crippen molar-refractivity contribution in [1.29, 1.82) is 0 Å². The minimum absolute atomic E-state index is 0.276. The van der Waals surface area contributed by atoms with Crippen molar-refractivity contribution in [2.75, 3.05) is 37.5 Å². The number of carbonyl (C=O) groups excluding carboxylic acids is 1. The molecule has 34 heavy (non-hydrogen) atoms. The van der Waals surface area contributed by atoms with Gasteiger partial charge in [0.2, 0.25) is 0 Å². The Morgan fingerprint density at radius 2 is 1.97 bits per heavy atom. The number of rotatable bonds is 6. The van der Waals surface area contributed by atoms with Gasteiger partial charge in [-0.25, -0.2) is 9.97 Å². The van der Waals surface area contributed by atoms with Gasteiger partial charge in [0.25, 0.3) is 5.91 Å². The van der Waals surface area contributed by atoms with Crippen molar-refractivity contribution < 1.29 is 14.3 Å². The number of hydrogen-bond donors (Lipinski definition) is 1. The Morgan fingerprint density at radius 1 is 1.15 bits per heavy atom. The lowest BCUT2D eigenvalue weighted by Gasteiger charge is -2.39. The van der Waals surface area contributed by atoms with E-state index in [1.54, 1.807) is 26.5 Å². The number of fused-ring (bicyclic) bond motifs is 1. The summed E-state index contributed by atoms with van der Waals surface area (Å²) in [4.78, 5) is 28.5. The number of nitrogens with one attached hydrogen (secondary N) is 1. The Morgan fingerprint density at radius 3 is 2.74 bits per heavy atom. The Labute approximate surface area is 205 Å². The molecule has 1 aromatic carbocycles. The highest BCUT2D eigenvalue weighted by molar-refractivity contribution is 7.22. The predicted molar refractivity (Wildman–Crippen MR) is 134 cm³/mol. The number of pyridine rings is 2. The first-order valence-electron chi connectivity index (χ1n) is 10.6. The van der Waals surface area contributed by atoms with Crippen molar-refractivity contribution in [3.05, 3.63) is 59.1 Å².